The summed E-state index contributed by atoms with van der Waals surface area (Å²) in [4.78, 5) is 32.3. The molecule has 0 bridgehead atoms. The van der Waals surface area contributed by atoms with Gasteiger partial charge < -0.3 is 10.1 Å². The molecule has 2 N–H and O–H groups in total. The molecule has 0 aliphatic rings. The number of carbonyl (C=O) groups is 1. The summed E-state index contributed by atoms with van der Waals surface area (Å²) in [6.45, 7) is 3.66. The van der Waals surface area contributed by atoms with Crippen LogP contribution in [-0.4, -0.2) is 21.0 Å². The van der Waals surface area contributed by atoms with Crippen LogP contribution in [0.2, 0.25) is 0 Å². The summed E-state index contributed by atoms with van der Waals surface area (Å²) in [5.74, 6) is -0.464. The summed E-state index contributed by atoms with van der Waals surface area (Å²) in [5, 5.41) is 11.5. The smallest absolute Gasteiger partial charge is 0.346 e. The fourth-order valence-corrected chi connectivity index (χ4v) is 4.01. The molecule has 0 amide bonds. The Morgan fingerprint density at radius 1 is 1.43 bits per heavy atom. The Kier molecular flexibility index (Phi) is 3.38. The zero-order valence-corrected chi connectivity index (χ0v) is 13.0. The standard InChI is InChI=1S/C14H12N2O3S2/c1-6-3-8(5-20-6)4-9-15-12(17)10-7(2)11(14(18)19)21-13(10)16-9/h3,5H,4H2,1-2H3,(H,18,19)(H,15,16,17). The number of thiophene rings is 2. The number of nitrogens with one attached hydrogen (secondary N) is 1. The number of fused-ring (bicyclic) bond motifs is 1. The first-order valence-electron chi connectivity index (χ1n) is 6.25. The van der Waals surface area contributed by atoms with Gasteiger partial charge in [-0.15, -0.1) is 22.7 Å². The van der Waals surface area contributed by atoms with E-state index in [2.05, 4.69) is 16.0 Å². The minimum Gasteiger partial charge on any atom is -0.477 e. The van der Waals surface area contributed by atoms with Crippen LogP contribution >= 0.6 is 22.7 Å². The second-order valence-corrected chi connectivity index (χ2v) is 6.91. The molecular weight excluding hydrogens is 308 g/mol. The molecule has 0 saturated heterocycles. The van der Waals surface area contributed by atoms with Gasteiger partial charge in [-0.3, -0.25) is 4.79 Å². The van der Waals surface area contributed by atoms with E-state index in [1.807, 2.05) is 12.3 Å². The number of aromatic nitrogens is 2. The first kappa shape index (κ1) is 14.0. The maximum atomic E-state index is 12.2. The summed E-state index contributed by atoms with van der Waals surface area (Å²) in [7, 11) is 0. The highest BCUT2D eigenvalue weighted by atomic mass is 32.1. The van der Waals surface area contributed by atoms with Gasteiger partial charge in [-0.1, -0.05) is 0 Å². The number of nitrogens with zero attached hydrogens (tertiary/aromatic N) is 1. The molecule has 0 aliphatic heterocycles. The number of aryl methyl sites for hydroxylation is 2. The molecule has 0 spiro atoms. The first-order valence-corrected chi connectivity index (χ1v) is 7.95. The number of aromatic carboxylic acids is 1. The molecule has 3 aromatic rings. The molecule has 108 valence electrons. The zero-order chi connectivity index (χ0) is 15.1. The van der Waals surface area contributed by atoms with Crippen molar-refractivity contribution >= 4 is 38.9 Å². The van der Waals surface area contributed by atoms with Gasteiger partial charge >= 0.3 is 5.97 Å². The van der Waals surface area contributed by atoms with Crippen molar-refractivity contribution < 1.29 is 9.90 Å². The number of rotatable bonds is 3. The molecule has 0 saturated carbocycles. The van der Waals surface area contributed by atoms with Crippen LogP contribution in [0.3, 0.4) is 0 Å². The van der Waals surface area contributed by atoms with E-state index in [0.717, 1.165) is 16.9 Å². The minimum atomic E-state index is -1.02. The van der Waals surface area contributed by atoms with Gasteiger partial charge in [0.25, 0.3) is 5.56 Å². The molecular formula is C14H12N2O3S2. The van der Waals surface area contributed by atoms with E-state index >= 15 is 0 Å². The van der Waals surface area contributed by atoms with Gasteiger partial charge in [0.05, 0.1) is 5.39 Å². The Balaban J connectivity index is 2.10. The van der Waals surface area contributed by atoms with Gasteiger partial charge in [0.1, 0.15) is 15.5 Å². The van der Waals surface area contributed by atoms with Crippen LogP contribution in [0.1, 0.15) is 31.5 Å². The van der Waals surface area contributed by atoms with E-state index in [1.54, 1.807) is 18.3 Å². The second kappa shape index (κ2) is 5.09. The van der Waals surface area contributed by atoms with E-state index in [9.17, 15) is 9.59 Å². The molecule has 0 aromatic carbocycles. The highest BCUT2D eigenvalue weighted by Crippen LogP contribution is 2.27. The molecule has 0 fully saturated rings. The van der Waals surface area contributed by atoms with Crippen molar-refractivity contribution in [3.63, 3.8) is 0 Å². The Labute approximate surface area is 127 Å². The van der Waals surface area contributed by atoms with Crippen molar-refractivity contribution in [1.82, 2.24) is 9.97 Å². The lowest BCUT2D eigenvalue weighted by molar-refractivity contribution is 0.0701. The Bertz CT molecular complexity index is 905. The molecule has 3 rings (SSSR count). The van der Waals surface area contributed by atoms with E-state index < -0.39 is 5.97 Å². The average Bonchev–Trinajstić information content (AvgIpc) is 2.94. The summed E-state index contributed by atoms with van der Waals surface area (Å²) in [5.41, 5.74) is 1.30. The summed E-state index contributed by atoms with van der Waals surface area (Å²) < 4.78 is 0. The summed E-state index contributed by atoms with van der Waals surface area (Å²) >= 11 is 2.70. The van der Waals surface area contributed by atoms with Crippen LogP contribution in [0.25, 0.3) is 10.2 Å². The summed E-state index contributed by atoms with van der Waals surface area (Å²) in [6.07, 6.45) is 0.537. The molecule has 3 aromatic heterocycles. The SMILES string of the molecule is Cc1cc(Cc2nc3sc(C(=O)O)c(C)c3c(=O)[nH]2)cs1. The van der Waals surface area contributed by atoms with Crippen LogP contribution in [0, 0.1) is 13.8 Å². The predicted molar refractivity (Wildman–Crippen MR) is 83.8 cm³/mol. The highest BCUT2D eigenvalue weighted by Gasteiger charge is 2.18. The maximum absolute atomic E-state index is 12.2. The molecule has 0 aliphatic carbocycles. The van der Waals surface area contributed by atoms with Gasteiger partial charge in [-0.25, -0.2) is 9.78 Å². The minimum absolute atomic E-state index is 0.173. The Morgan fingerprint density at radius 2 is 2.19 bits per heavy atom. The second-order valence-electron chi connectivity index (χ2n) is 4.80. The van der Waals surface area contributed by atoms with Gasteiger partial charge in [-0.05, 0) is 36.4 Å². The van der Waals surface area contributed by atoms with Gasteiger partial charge in [0.15, 0.2) is 0 Å². The van der Waals surface area contributed by atoms with Crippen LogP contribution in [0.15, 0.2) is 16.2 Å². The summed E-state index contributed by atoms with van der Waals surface area (Å²) in [6, 6.07) is 2.05. The van der Waals surface area contributed by atoms with E-state index in [0.29, 0.717) is 28.0 Å². The van der Waals surface area contributed by atoms with Crippen LogP contribution < -0.4 is 5.56 Å². The largest absolute Gasteiger partial charge is 0.477 e. The van der Waals surface area contributed by atoms with Gasteiger partial charge in [0.2, 0.25) is 0 Å². The third-order valence-corrected chi connectivity index (χ3v) is 5.28. The van der Waals surface area contributed by atoms with E-state index in [-0.39, 0.29) is 10.4 Å². The monoisotopic (exact) mass is 320 g/mol. The average molecular weight is 320 g/mol. The van der Waals surface area contributed by atoms with Crippen LogP contribution in [0.5, 0.6) is 0 Å². The number of aromatic amines is 1. The van der Waals surface area contributed by atoms with Crippen LogP contribution in [0.4, 0.5) is 0 Å². The van der Waals surface area contributed by atoms with Crippen molar-refractivity contribution in [1.29, 1.82) is 0 Å². The first-order chi connectivity index (χ1) is 9.95. The van der Waals surface area contributed by atoms with E-state index in [4.69, 9.17) is 5.11 Å². The maximum Gasteiger partial charge on any atom is 0.346 e. The lowest BCUT2D eigenvalue weighted by Crippen LogP contribution is -2.11. The number of hydrogen-bond donors (Lipinski definition) is 2. The topological polar surface area (TPSA) is 83.0 Å². The Hall–Kier alpha value is -1.99. The van der Waals surface area contributed by atoms with Crippen molar-refractivity contribution in [2.75, 3.05) is 0 Å². The quantitative estimate of drug-likeness (QED) is 0.777. The number of H-pyrrole nitrogens is 1. The molecule has 0 unspecified atom stereocenters. The van der Waals surface area contributed by atoms with Crippen molar-refractivity contribution in [2.45, 2.75) is 20.3 Å². The third-order valence-electron chi connectivity index (χ3n) is 3.20. The normalized spacial score (nSPS) is 11.1. The molecule has 0 radical (unpaired) electrons. The molecule has 7 heteroatoms. The fourth-order valence-electron chi connectivity index (χ4n) is 2.26. The molecule has 5 nitrogen and oxygen atoms in total. The van der Waals surface area contributed by atoms with Gasteiger partial charge in [0, 0.05) is 11.3 Å². The zero-order valence-electron chi connectivity index (χ0n) is 11.4. The molecule has 0 atom stereocenters. The number of carboxylic acid groups (broad SMARTS) is 1. The Morgan fingerprint density at radius 3 is 2.81 bits per heavy atom. The molecule has 21 heavy (non-hydrogen) atoms. The van der Waals surface area contributed by atoms with E-state index in [1.165, 1.54) is 4.88 Å². The lowest BCUT2D eigenvalue weighted by atomic mass is 10.2. The van der Waals surface area contributed by atoms with Crippen molar-refractivity contribution in [3.05, 3.63) is 48.5 Å². The van der Waals surface area contributed by atoms with Crippen molar-refractivity contribution in [2.24, 2.45) is 0 Å². The number of hydrogen-bond acceptors (Lipinski definition) is 5. The van der Waals surface area contributed by atoms with Crippen molar-refractivity contribution in [3.8, 4) is 0 Å². The van der Waals surface area contributed by atoms with Crippen LogP contribution in [-0.2, 0) is 6.42 Å². The predicted octanol–water partition coefficient (Wildman–Crippen LogP) is 2.95. The third kappa shape index (κ3) is 2.50. The molecule has 3 heterocycles. The lowest BCUT2D eigenvalue weighted by Gasteiger charge is -1.99. The highest BCUT2D eigenvalue weighted by molar-refractivity contribution is 7.20. The van der Waals surface area contributed by atoms with Gasteiger partial charge in [-0.2, -0.15) is 0 Å². The number of carboxylic acids is 1. The fraction of sp³-hybridized carbons (Fsp3) is 0.214.